The third kappa shape index (κ3) is 3.85. The lowest BCUT2D eigenvalue weighted by Gasteiger charge is -2.25. The molecule has 1 aliphatic rings. The minimum absolute atomic E-state index is 0.0235. The lowest BCUT2D eigenvalue weighted by molar-refractivity contribution is -0.135. The minimum atomic E-state index is -0.193. The molecule has 2 heterocycles. The molecule has 1 fully saturated rings. The summed E-state index contributed by atoms with van der Waals surface area (Å²) in [6, 6.07) is 0. The van der Waals surface area contributed by atoms with Crippen molar-refractivity contribution in [1.82, 2.24) is 24.3 Å². The van der Waals surface area contributed by atoms with E-state index in [0.717, 1.165) is 12.4 Å². The first-order valence-corrected chi connectivity index (χ1v) is 7.53. The number of amides is 2. The molecule has 22 heavy (non-hydrogen) atoms. The number of aromatic nitrogens is 2. The van der Waals surface area contributed by atoms with Crippen LogP contribution in [0.15, 0.2) is 12.4 Å². The Morgan fingerprint density at radius 2 is 2.05 bits per heavy atom. The summed E-state index contributed by atoms with van der Waals surface area (Å²) in [4.78, 5) is 34.0. The highest BCUT2D eigenvalue weighted by Crippen LogP contribution is 2.14. The summed E-state index contributed by atoms with van der Waals surface area (Å²) < 4.78 is 1.98. The van der Waals surface area contributed by atoms with Gasteiger partial charge in [0.25, 0.3) is 0 Å². The van der Waals surface area contributed by atoms with Crippen LogP contribution in [0.1, 0.15) is 12.7 Å². The van der Waals surface area contributed by atoms with Gasteiger partial charge in [0, 0.05) is 66.6 Å². The number of nitrogens with zero attached hydrogens (tertiary/aromatic N) is 5. The van der Waals surface area contributed by atoms with Crippen molar-refractivity contribution < 1.29 is 9.59 Å². The third-order valence-corrected chi connectivity index (χ3v) is 4.13. The lowest BCUT2D eigenvalue weighted by Crippen LogP contribution is -2.41. The van der Waals surface area contributed by atoms with Gasteiger partial charge < -0.3 is 14.4 Å². The minimum Gasteiger partial charge on any atom is -0.348 e. The van der Waals surface area contributed by atoms with Crippen LogP contribution in [0.4, 0.5) is 0 Å². The van der Waals surface area contributed by atoms with Gasteiger partial charge >= 0.3 is 0 Å². The van der Waals surface area contributed by atoms with E-state index in [1.165, 1.54) is 0 Å². The van der Waals surface area contributed by atoms with Crippen LogP contribution in [-0.4, -0.2) is 76.3 Å². The van der Waals surface area contributed by atoms with Gasteiger partial charge in [0.05, 0.1) is 12.5 Å². The van der Waals surface area contributed by atoms with Crippen LogP contribution in [-0.2, 0) is 23.2 Å². The van der Waals surface area contributed by atoms with Gasteiger partial charge in [-0.15, -0.1) is 0 Å². The number of carbonyl (C=O) groups is 2. The predicted molar refractivity (Wildman–Crippen MR) is 82.9 cm³/mol. The number of imidazole rings is 1. The van der Waals surface area contributed by atoms with Crippen LogP contribution < -0.4 is 0 Å². The van der Waals surface area contributed by atoms with E-state index in [0.29, 0.717) is 26.2 Å². The SMILES string of the molecule is CC(=O)N1CCN(Cc2nccn2C)CC(C(=O)N(C)C)C1. The monoisotopic (exact) mass is 307 g/mol. The quantitative estimate of drug-likeness (QED) is 0.775. The fourth-order valence-electron chi connectivity index (χ4n) is 2.78. The molecular formula is C15H25N5O2. The summed E-state index contributed by atoms with van der Waals surface area (Å²) in [7, 11) is 5.48. The molecule has 1 aromatic rings. The second-order valence-corrected chi connectivity index (χ2v) is 6.08. The smallest absolute Gasteiger partial charge is 0.228 e. The summed E-state index contributed by atoms with van der Waals surface area (Å²) >= 11 is 0. The summed E-state index contributed by atoms with van der Waals surface area (Å²) in [5, 5.41) is 0. The fraction of sp³-hybridized carbons (Fsp3) is 0.667. The van der Waals surface area contributed by atoms with Crippen molar-refractivity contribution in [2.24, 2.45) is 13.0 Å². The van der Waals surface area contributed by atoms with Crippen molar-refractivity contribution in [3.05, 3.63) is 18.2 Å². The fourth-order valence-corrected chi connectivity index (χ4v) is 2.78. The van der Waals surface area contributed by atoms with Crippen LogP contribution in [0, 0.1) is 5.92 Å². The molecule has 0 aromatic carbocycles. The van der Waals surface area contributed by atoms with Crippen LogP contribution >= 0.6 is 0 Å². The number of rotatable bonds is 3. The van der Waals surface area contributed by atoms with Crippen molar-refractivity contribution >= 4 is 11.8 Å². The van der Waals surface area contributed by atoms with E-state index in [1.54, 1.807) is 37.0 Å². The molecule has 0 saturated carbocycles. The Balaban J connectivity index is 2.13. The molecule has 7 heteroatoms. The van der Waals surface area contributed by atoms with Crippen molar-refractivity contribution in [2.75, 3.05) is 40.3 Å². The molecule has 0 radical (unpaired) electrons. The Kier molecular flexibility index (Phi) is 5.18. The first kappa shape index (κ1) is 16.5. The molecular weight excluding hydrogens is 282 g/mol. The highest BCUT2D eigenvalue weighted by atomic mass is 16.2. The van der Waals surface area contributed by atoms with Crippen LogP contribution in [0.2, 0.25) is 0 Å². The van der Waals surface area contributed by atoms with Gasteiger partial charge in [-0.3, -0.25) is 14.5 Å². The van der Waals surface area contributed by atoms with E-state index in [9.17, 15) is 9.59 Å². The number of aryl methyl sites for hydroxylation is 1. The summed E-state index contributed by atoms with van der Waals surface area (Å²) in [5.41, 5.74) is 0. The summed E-state index contributed by atoms with van der Waals surface area (Å²) in [6.45, 7) is 4.79. The second-order valence-electron chi connectivity index (χ2n) is 6.08. The van der Waals surface area contributed by atoms with Crippen molar-refractivity contribution in [2.45, 2.75) is 13.5 Å². The standard InChI is InChI=1S/C15H25N5O2/c1-12(21)20-8-7-19(11-14-16-5-6-18(14)4)9-13(10-20)15(22)17(2)3/h5-6,13H,7-11H2,1-4H3. The van der Waals surface area contributed by atoms with E-state index >= 15 is 0 Å². The number of carbonyl (C=O) groups excluding carboxylic acids is 2. The maximum Gasteiger partial charge on any atom is 0.228 e. The maximum absolute atomic E-state index is 12.4. The molecule has 1 aromatic heterocycles. The van der Waals surface area contributed by atoms with E-state index in [-0.39, 0.29) is 17.7 Å². The Labute approximate surface area is 131 Å². The van der Waals surface area contributed by atoms with E-state index in [1.807, 2.05) is 17.8 Å². The van der Waals surface area contributed by atoms with Gasteiger partial charge in [0.1, 0.15) is 5.82 Å². The molecule has 2 amide bonds. The second kappa shape index (κ2) is 6.91. The molecule has 0 spiro atoms. The molecule has 0 N–H and O–H groups in total. The largest absolute Gasteiger partial charge is 0.348 e. The Bertz CT molecular complexity index is 540. The number of hydrogen-bond donors (Lipinski definition) is 0. The topological polar surface area (TPSA) is 61.7 Å². The van der Waals surface area contributed by atoms with Crippen LogP contribution in [0.5, 0.6) is 0 Å². The number of hydrogen-bond acceptors (Lipinski definition) is 4. The van der Waals surface area contributed by atoms with Crippen molar-refractivity contribution in [3.8, 4) is 0 Å². The van der Waals surface area contributed by atoms with Gasteiger partial charge in [-0.1, -0.05) is 0 Å². The molecule has 1 atom stereocenters. The average molecular weight is 307 g/mol. The molecule has 1 saturated heterocycles. The molecule has 0 bridgehead atoms. The molecule has 7 nitrogen and oxygen atoms in total. The van der Waals surface area contributed by atoms with Gasteiger partial charge in [0.15, 0.2) is 0 Å². The summed E-state index contributed by atoms with van der Waals surface area (Å²) in [6.07, 6.45) is 3.69. The third-order valence-electron chi connectivity index (χ3n) is 4.13. The van der Waals surface area contributed by atoms with E-state index in [4.69, 9.17) is 0 Å². The van der Waals surface area contributed by atoms with Gasteiger partial charge in [-0.2, -0.15) is 0 Å². The Morgan fingerprint density at radius 3 is 2.59 bits per heavy atom. The van der Waals surface area contributed by atoms with Crippen LogP contribution in [0.3, 0.4) is 0 Å². The molecule has 1 aliphatic heterocycles. The molecule has 122 valence electrons. The van der Waals surface area contributed by atoms with Crippen molar-refractivity contribution in [3.63, 3.8) is 0 Å². The Hall–Kier alpha value is -1.89. The highest BCUT2D eigenvalue weighted by molar-refractivity contribution is 5.80. The lowest BCUT2D eigenvalue weighted by atomic mass is 10.1. The van der Waals surface area contributed by atoms with E-state index < -0.39 is 0 Å². The highest BCUT2D eigenvalue weighted by Gasteiger charge is 2.30. The van der Waals surface area contributed by atoms with Gasteiger partial charge in [-0.05, 0) is 0 Å². The normalized spacial score (nSPS) is 19.8. The zero-order chi connectivity index (χ0) is 16.3. The molecule has 1 unspecified atom stereocenters. The maximum atomic E-state index is 12.4. The van der Waals surface area contributed by atoms with Crippen molar-refractivity contribution in [1.29, 1.82) is 0 Å². The molecule has 0 aliphatic carbocycles. The first-order chi connectivity index (χ1) is 10.4. The van der Waals surface area contributed by atoms with Gasteiger partial charge in [-0.25, -0.2) is 4.98 Å². The van der Waals surface area contributed by atoms with E-state index in [2.05, 4.69) is 9.88 Å². The van der Waals surface area contributed by atoms with Crippen LogP contribution in [0.25, 0.3) is 0 Å². The predicted octanol–water partition coefficient (Wildman–Crippen LogP) is -0.211. The van der Waals surface area contributed by atoms with Gasteiger partial charge in [0.2, 0.25) is 11.8 Å². The Morgan fingerprint density at radius 1 is 1.32 bits per heavy atom. The average Bonchev–Trinajstić information content (AvgIpc) is 2.74. The zero-order valence-electron chi connectivity index (χ0n) is 13.8. The molecule has 2 rings (SSSR count). The summed E-state index contributed by atoms with van der Waals surface area (Å²) in [5.74, 6) is 0.863. The zero-order valence-corrected chi connectivity index (χ0v) is 13.8. The first-order valence-electron chi connectivity index (χ1n) is 7.53.